The predicted octanol–water partition coefficient (Wildman–Crippen LogP) is 3.55. The number of halogens is 3. The fraction of sp³-hybridized carbons (Fsp3) is 0.250. The van der Waals surface area contributed by atoms with Gasteiger partial charge in [-0.1, -0.05) is 29.8 Å². The van der Waals surface area contributed by atoms with Crippen molar-refractivity contribution in [2.24, 2.45) is 0 Å². The Kier molecular flexibility index (Phi) is 4.63. The maximum absolute atomic E-state index is 13.2. The van der Waals surface area contributed by atoms with E-state index in [0.717, 1.165) is 6.08 Å². The molecule has 92 valence electrons. The zero-order chi connectivity index (χ0) is 12.9. The second-order valence-electron chi connectivity index (χ2n) is 3.23. The Bertz CT molecular complexity index is 413. The van der Waals surface area contributed by atoms with Crippen LogP contribution in [-0.2, 0) is 9.53 Å². The van der Waals surface area contributed by atoms with Crippen molar-refractivity contribution in [3.05, 3.63) is 40.9 Å². The van der Waals surface area contributed by atoms with E-state index in [1.165, 1.54) is 6.92 Å². The summed E-state index contributed by atoms with van der Waals surface area (Å²) < 4.78 is 30.6. The van der Waals surface area contributed by atoms with Gasteiger partial charge in [-0.05, 0) is 30.7 Å². The number of rotatable bonds is 4. The lowest BCUT2D eigenvalue weighted by Gasteiger charge is -2.09. The highest BCUT2D eigenvalue weighted by atomic mass is 35.5. The average molecular weight is 261 g/mol. The Morgan fingerprint density at radius 3 is 2.53 bits per heavy atom. The number of carbonyl (C=O) groups is 1. The third kappa shape index (κ3) is 4.15. The van der Waals surface area contributed by atoms with Crippen molar-refractivity contribution in [1.82, 2.24) is 0 Å². The fourth-order valence-electron chi connectivity index (χ4n) is 1.07. The van der Waals surface area contributed by atoms with E-state index in [1.807, 2.05) is 0 Å². The lowest BCUT2D eigenvalue weighted by atomic mass is 10.2. The summed E-state index contributed by atoms with van der Waals surface area (Å²) >= 11 is 5.65. The van der Waals surface area contributed by atoms with Gasteiger partial charge >= 0.3 is 11.9 Å². The molecule has 2 nitrogen and oxygen atoms in total. The summed E-state index contributed by atoms with van der Waals surface area (Å²) in [6.45, 7) is 1.39. The summed E-state index contributed by atoms with van der Waals surface area (Å²) in [6, 6.07) is 6.29. The molecule has 0 aromatic heterocycles. The second kappa shape index (κ2) is 5.77. The molecule has 0 spiro atoms. The second-order valence-corrected chi connectivity index (χ2v) is 3.66. The van der Waals surface area contributed by atoms with Crippen LogP contribution in [0.4, 0.5) is 8.78 Å². The van der Waals surface area contributed by atoms with Crippen molar-refractivity contribution in [3.8, 4) is 0 Å². The standard InChI is InChI=1S/C12H11ClF2O2/c1-2-17-11(16)12(14,15)8-7-9-3-5-10(13)6-4-9/h3-8H,2H2,1H3. The largest absolute Gasteiger partial charge is 0.461 e. The van der Waals surface area contributed by atoms with Crippen LogP contribution in [0.15, 0.2) is 30.3 Å². The van der Waals surface area contributed by atoms with Gasteiger partial charge in [0.2, 0.25) is 0 Å². The number of esters is 1. The molecule has 0 aliphatic heterocycles. The van der Waals surface area contributed by atoms with Crippen molar-refractivity contribution >= 4 is 23.6 Å². The third-order valence-corrected chi connectivity index (χ3v) is 2.15. The molecule has 17 heavy (non-hydrogen) atoms. The lowest BCUT2D eigenvalue weighted by Crippen LogP contribution is -2.28. The molecule has 0 radical (unpaired) electrons. The molecule has 0 saturated carbocycles. The van der Waals surface area contributed by atoms with Crippen LogP contribution in [0.1, 0.15) is 12.5 Å². The van der Waals surface area contributed by atoms with E-state index in [1.54, 1.807) is 24.3 Å². The molecule has 0 N–H and O–H groups in total. The van der Waals surface area contributed by atoms with E-state index in [2.05, 4.69) is 4.74 Å². The molecule has 0 bridgehead atoms. The van der Waals surface area contributed by atoms with Crippen molar-refractivity contribution < 1.29 is 18.3 Å². The smallest absolute Gasteiger partial charge is 0.381 e. The van der Waals surface area contributed by atoms with Gasteiger partial charge in [0, 0.05) is 5.02 Å². The normalized spacial score (nSPS) is 11.8. The van der Waals surface area contributed by atoms with Crippen LogP contribution in [-0.4, -0.2) is 18.5 Å². The van der Waals surface area contributed by atoms with Crippen molar-refractivity contribution in [2.45, 2.75) is 12.8 Å². The zero-order valence-corrected chi connectivity index (χ0v) is 9.88. The van der Waals surface area contributed by atoms with Gasteiger partial charge in [-0.15, -0.1) is 0 Å². The van der Waals surface area contributed by atoms with Crippen LogP contribution in [0.3, 0.4) is 0 Å². The molecule has 0 heterocycles. The van der Waals surface area contributed by atoms with Crippen LogP contribution >= 0.6 is 11.6 Å². The Morgan fingerprint density at radius 2 is 2.00 bits per heavy atom. The van der Waals surface area contributed by atoms with Gasteiger partial charge in [0.1, 0.15) is 0 Å². The average Bonchev–Trinajstić information content (AvgIpc) is 2.29. The molecule has 1 aromatic rings. The molecule has 1 aromatic carbocycles. The van der Waals surface area contributed by atoms with Gasteiger partial charge < -0.3 is 4.74 Å². The van der Waals surface area contributed by atoms with Gasteiger partial charge in [0.25, 0.3) is 0 Å². The number of hydrogen-bond donors (Lipinski definition) is 0. The third-order valence-electron chi connectivity index (χ3n) is 1.90. The molecule has 1 rings (SSSR count). The minimum atomic E-state index is -3.62. The number of carbonyl (C=O) groups excluding carboxylic acids is 1. The van der Waals surface area contributed by atoms with Gasteiger partial charge in [-0.3, -0.25) is 0 Å². The SMILES string of the molecule is CCOC(=O)C(F)(F)C=Cc1ccc(Cl)cc1. The maximum Gasteiger partial charge on any atom is 0.381 e. The number of benzene rings is 1. The summed E-state index contributed by atoms with van der Waals surface area (Å²) in [5.74, 6) is -5.17. The number of hydrogen-bond acceptors (Lipinski definition) is 2. The summed E-state index contributed by atoms with van der Waals surface area (Å²) in [7, 11) is 0. The summed E-state index contributed by atoms with van der Waals surface area (Å²) in [6.07, 6.45) is 1.65. The summed E-state index contributed by atoms with van der Waals surface area (Å²) in [4.78, 5) is 10.9. The Morgan fingerprint density at radius 1 is 1.41 bits per heavy atom. The lowest BCUT2D eigenvalue weighted by molar-refractivity contribution is -0.164. The molecular formula is C12H11ClF2O2. The molecule has 0 amide bonds. The van der Waals surface area contributed by atoms with Crippen molar-refractivity contribution in [3.63, 3.8) is 0 Å². The Hall–Kier alpha value is -1.42. The Balaban J connectivity index is 2.75. The maximum atomic E-state index is 13.2. The zero-order valence-electron chi connectivity index (χ0n) is 9.12. The molecule has 5 heteroatoms. The monoisotopic (exact) mass is 260 g/mol. The van der Waals surface area contributed by atoms with Crippen LogP contribution in [0.2, 0.25) is 5.02 Å². The van der Waals surface area contributed by atoms with Gasteiger partial charge in [0.05, 0.1) is 6.61 Å². The first-order valence-corrected chi connectivity index (χ1v) is 5.33. The first-order chi connectivity index (χ1) is 7.95. The van der Waals surface area contributed by atoms with E-state index >= 15 is 0 Å². The van der Waals surface area contributed by atoms with Gasteiger partial charge in [0.15, 0.2) is 0 Å². The Labute approximate surface area is 103 Å². The van der Waals surface area contributed by atoms with Crippen LogP contribution in [0.25, 0.3) is 6.08 Å². The molecular weight excluding hydrogens is 250 g/mol. The molecule has 0 unspecified atom stereocenters. The summed E-state index contributed by atoms with van der Waals surface area (Å²) in [5.41, 5.74) is 0.526. The van der Waals surface area contributed by atoms with Gasteiger partial charge in [-0.2, -0.15) is 8.78 Å². The number of alkyl halides is 2. The first-order valence-electron chi connectivity index (χ1n) is 4.95. The molecule has 0 aliphatic carbocycles. The predicted molar refractivity (Wildman–Crippen MR) is 62.1 cm³/mol. The van der Waals surface area contributed by atoms with Gasteiger partial charge in [-0.25, -0.2) is 4.79 Å². The first kappa shape index (κ1) is 13.6. The fourth-order valence-corrected chi connectivity index (χ4v) is 1.20. The highest BCUT2D eigenvalue weighted by molar-refractivity contribution is 6.30. The van der Waals surface area contributed by atoms with E-state index in [9.17, 15) is 13.6 Å². The van der Waals surface area contributed by atoms with E-state index in [-0.39, 0.29) is 6.61 Å². The molecule has 0 atom stereocenters. The highest BCUT2D eigenvalue weighted by Gasteiger charge is 2.37. The molecule has 0 aliphatic rings. The van der Waals surface area contributed by atoms with E-state index in [0.29, 0.717) is 16.7 Å². The van der Waals surface area contributed by atoms with Crippen LogP contribution in [0, 0.1) is 0 Å². The highest BCUT2D eigenvalue weighted by Crippen LogP contribution is 2.19. The van der Waals surface area contributed by atoms with Crippen LogP contribution < -0.4 is 0 Å². The number of ether oxygens (including phenoxy) is 1. The minimum absolute atomic E-state index is 0.0802. The molecule has 0 fully saturated rings. The van der Waals surface area contributed by atoms with E-state index < -0.39 is 11.9 Å². The van der Waals surface area contributed by atoms with Crippen LogP contribution in [0.5, 0.6) is 0 Å². The molecule has 0 saturated heterocycles. The van der Waals surface area contributed by atoms with Crippen molar-refractivity contribution in [1.29, 1.82) is 0 Å². The summed E-state index contributed by atoms with van der Waals surface area (Å²) in [5, 5.41) is 0.513. The minimum Gasteiger partial charge on any atom is -0.461 e. The van der Waals surface area contributed by atoms with Crippen molar-refractivity contribution in [2.75, 3.05) is 6.61 Å². The van der Waals surface area contributed by atoms with E-state index in [4.69, 9.17) is 11.6 Å². The topological polar surface area (TPSA) is 26.3 Å². The quantitative estimate of drug-likeness (QED) is 0.774.